The summed E-state index contributed by atoms with van der Waals surface area (Å²) in [6.45, 7) is 6.69. The van der Waals surface area contributed by atoms with Gasteiger partial charge < -0.3 is 4.57 Å². The highest BCUT2D eigenvalue weighted by Gasteiger charge is 2.21. The zero-order valence-electron chi connectivity index (χ0n) is 17.0. The number of fused-ring (bicyclic) bond motifs is 4. The Morgan fingerprint density at radius 1 is 0.968 bits per heavy atom. The van der Waals surface area contributed by atoms with E-state index in [1.807, 2.05) is 60.0 Å². The van der Waals surface area contributed by atoms with Crippen molar-refractivity contribution in [3.8, 4) is 0 Å². The van der Waals surface area contributed by atoms with E-state index in [1.165, 1.54) is 0 Å². The van der Waals surface area contributed by atoms with Gasteiger partial charge in [0.05, 0.1) is 17.6 Å². The number of benzene rings is 2. The third kappa shape index (κ3) is 3.20. The van der Waals surface area contributed by atoms with E-state index in [-0.39, 0.29) is 5.56 Å². The normalized spacial score (nSPS) is 11.5. The Morgan fingerprint density at radius 3 is 2.35 bits per heavy atom. The maximum atomic E-state index is 13.5. The average molecular weight is 430 g/mol. The van der Waals surface area contributed by atoms with Crippen LogP contribution in [-0.2, 0) is 19.5 Å². The molecule has 0 saturated heterocycles. The van der Waals surface area contributed by atoms with Gasteiger partial charge in [-0.2, -0.15) is 0 Å². The van der Waals surface area contributed by atoms with Crippen molar-refractivity contribution in [3.05, 3.63) is 88.0 Å². The molecule has 3 heterocycles. The van der Waals surface area contributed by atoms with Gasteiger partial charge in [-0.05, 0) is 29.8 Å². The minimum Gasteiger partial charge on any atom is -0.304 e. The quantitative estimate of drug-likeness (QED) is 0.378. The average Bonchev–Trinajstić information content (AvgIpc) is 3.08. The van der Waals surface area contributed by atoms with E-state index < -0.39 is 0 Å². The fourth-order valence-electron chi connectivity index (χ4n) is 3.95. The van der Waals surface area contributed by atoms with Gasteiger partial charge in [0, 0.05) is 18.0 Å². The molecule has 0 unspecified atom stereocenters. The standard InChI is InChI=1S/C24H20ClN5O/c1-3-13-29-19(4-2)28-22-20(24(29)31)21-23(27-18-8-6-5-7-17(18)26-21)30(22)14-15-9-11-16(25)12-10-15/h3,5-12H,1,4,13-14H2,2H3. The maximum Gasteiger partial charge on any atom is 0.265 e. The van der Waals surface area contributed by atoms with Crippen LogP contribution in [0, 0.1) is 0 Å². The molecule has 31 heavy (non-hydrogen) atoms. The van der Waals surface area contributed by atoms with Gasteiger partial charge in [-0.1, -0.05) is 48.9 Å². The maximum absolute atomic E-state index is 13.5. The van der Waals surface area contributed by atoms with Crippen LogP contribution in [0.1, 0.15) is 18.3 Å². The summed E-state index contributed by atoms with van der Waals surface area (Å²) in [5, 5.41) is 1.16. The van der Waals surface area contributed by atoms with E-state index in [4.69, 9.17) is 26.6 Å². The van der Waals surface area contributed by atoms with E-state index in [1.54, 1.807) is 10.6 Å². The van der Waals surface area contributed by atoms with Gasteiger partial charge in [-0.25, -0.2) is 15.0 Å². The van der Waals surface area contributed by atoms with Crippen LogP contribution < -0.4 is 5.56 Å². The van der Waals surface area contributed by atoms with Gasteiger partial charge in [0.15, 0.2) is 11.3 Å². The predicted octanol–water partition coefficient (Wildman–Crippen LogP) is 4.74. The molecule has 7 heteroatoms. The molecule has 0 aliphatic carbocycles. The number of nitrogens with zero attached hydrogens (tertiary/aromatic N) is 5. The molecule has 0 aliphatic rings. The van der Waals surface area contributed by atoms with Crippen molar-refractivity contribution in [2.24, 2.45) is 0 Å². The SMILES string of the molecule is C=CCn1c(CC)nc2c(c1=O)c1nc3ccccc3nc1n2Cc1ccc(Cl)cc1. The zero-order valence-corrected chi connectivity index (χ0v) is 17.8. The van der Waals surface area contributed by atoms with E-state index in [9.17, 15) is 4.79 Å². The minimum atomic E-state index is -0.119. The first-order valence-electron chi connectivity index (χ1n) is 10.1. The number of aryl methyl sites for hydroxylation is 1. The van der Waals surface area contributed by atoms with E-state index in [0.29, 0.717) is 52.6 Å². The minimum absolute atomic E-state index is 0.119. The summed E-state index contributed by atoms with van der Waals surface area (Å²) in [5.41, 5.74) is 4.25. The van der Waals surface area contributed by atoms with Gasteiger partial charge in [-0.3, -0.25) is 9.36 Å². The lowest BCUT2D eigenvalue weighted by molar-refractivity contribution is 0.694. The van der Waals surface area contributed by atoms with Crippen LogP contribution in [0.4, 0.5) is 0 Å². The summed E-state index contributed by atoms with van der Waals surface area (Å²) >= 11 is 6.06. The summed E-state index contributed by atoms with van der Waals surface area (Å²) < 4.78 is 3.64. The molecule has 0 amide bonds. The molecule has 0 saturated carbocycles. The van der Waals surface area contributed by atoms with Crippen LogP contribution >= 0.6 is 11.6 Å². The lowest BCUT2D eigenvalue weighted by atomic mass is 10.2. The molecule has 0 N–H and O–H groups in total. The molecule has 6 nitrogen and oxygen atoms in total. The molecule has 154 valence electrons. The van der Waals surface area contributed by atoms with Crippen LogP contribution in [0.15, 0.2) is 66.0 Å². The third-order valence-corrected chi connectivity index (χ3v) is 5.66. The number of aromatic nitrogens is 5. The number of allylic oxidation sites excluding steroid dienone is 1. The topological polar surface area (TPSA) is 65.6 Å². The van der Waals surface area contributed by atoms with E-state index in [0.717, 1.165) is 16.6 Å². The molecule has 3 aromatic heterocycles. The van der Waals surface area contributed by atoms with Crippen LogP contribution in [0.25, 0.3) is 33.2 Å². The fraction of sp³-hybridized carbons (Fsp3) is 0.167. The Bertz CT molecular complexity index is 1520. The molecule has 0 atom stereocenters. The molecular formula is C24H20ClN5O. The largest absolute Gasteiger partial charge is 0.304 e. The van der Waals surface area contributed by atoms with Crippen molar-refractivity contribution in [1.82, 2.24) is 24.1 Å². The number of hydrogen-bond acceptors (Lipinski definition) is 4. The van der Waals surface area contributed by atoms with Crippen molar-refractivity contribution >= 4 is 44.8 Å². The van der Waals surface area contributed by atoms with Crippen molar-refractivity contribution < 1.29 is 0 Å². The van der Waals surface area contributed by atoms with Gasteiger partial charge in [0.2, 0.25) is 0 Å². The second-order valence-electron chi connectivity index (χ2n) is 7.38. The summed E-state index contributed by atoms with van der Waals surface area (Å²) in [4.78, 5) is 28.1. The monoisotopic (exact) mass is 429 g/mol. The Balaban J connectivity index is 1.90. The number of halogens is 1. The Labute approximate surface area is 183 Å². The van der Waals surface area contributed by atoms with Crippen molar-refractivity contribution in [3.63, 3.8) is 0 Å². The number of hydrogen-bond donors (Lipinski definition) is 0. The molecule has 0 spiro atoms. The molecule has 0 fully saturated rings. The van der Waals surface area contributed by atoms with Crippen LogP contribution in [0.3, 0.4) is 0 Å². The number of para-hydroxylation sites is 2. The van der Waals surface area contributed by atoms with E-state index in [2.05, 4.69) is 6.58 Å². The first kappa shape index (κ1) is 19.5. The molecule has 5 aromatic rings. The van der Waals surface area contributed by atoms with Crippen molar-refractivity contribution in [2.45, 2.75) is 26.4 Å². The smallest absolute Gasteiger partial charge is 0.265 e. The molecule has 5 rings (SSSR count). The Hall–Kier alpha value is -3.51. The molecule has 2 aromatic carbocycles. The summed E-state index contributed by atoms with van der Waals surface area (Å²) in [6.07, 6.45) is 2.34. The van der Waals surface area contributed by atoms with E-state index >= 15 is 0 Å². The summed E-state index contributed by atoms with van der Waals surface area (Å²) in [6, 6.07) is 15.3. The molecule has 0 radical (unpaired) electrons. The van der Waals surface area contributed by atoms with Gasteiger partial charge in [0.25, 0.3) is 5.56 Å². The first-order valence-corrected chi connectivity index (χ1v) is 10.5. The zero-order chi connectivity index (χ0) is 21.5. The number of rotatable bonds is 5. The highest BCUT2D eigenvalue weighted by molar-refractivity contribution is 6.30. The lowest BCUT2D eigenvalue weighted by Crippen LogP contribution is -2.25. The predicted molar refractivity (Wildman–Crippen MR) is 125 cm³/mol. The summed E-state index contributed by atoms with van der Waals surface area (Å²) in [7, 11) is 0. The third-order valence-electron chi connectivity index (χ3n) is 5.41. The van der Waals surface area contributed by atoms with Crippen LogP contribution in [0.5, 0.6) is 0 Å². The van der Waals surface area contributed by atoms with Gasteiger partial charge >= 0.3 is 0 Å². The highest BCUT2D eigenvalue weighted by Crippen LogP contribution is 2.26. The lowest BCUT2D eigenvalue weighted by Gasteiger charge is -2.11. The fourth-order valence-corrected chi connectivity index (χ4v) is 4.07. The summed E-state index contributed by atoms with van der Waals surface area (Å²) in [5.74, 6) is 0.710. The second kappa shape index (κ2) is 7.63. The first-order chi connectivity index (χ1) is 15.1. The van der Waals surface area contributed by atoms with Crippen LogP contribution in [-0.4, -0.2) is 24.1 Å². The molecular weight excluding hydrogens is 410 g/mol. The van der Waals surface area contributed by atoms with Gasteiger partial charge in [0.1, 0.15) is 16.7 Å². The molecule has 0 bridgehead atoms. The van der Waals surface area contributed by atoms with Gasteiger partial charge in [-0.15, -0.1) is 6.58 Å². The molecule has 0 aliphatic heterocycles. The van der Waals surface area contributed by atoms with Crippen LogP contribution in [0.2, 0.25) is 5.02 Å². The van der Waals surface area contributed by atoms with Crippen molar-refractivity contribution in [2.75, 3.05) is 0 Å². The second-order valence-corrected chi connectivity index (χ2v) is 7.82. The van der Waals surface area contributed by atoms with Crippen molar-refractivity contribution in [1.29, 1.82) is 0 Å². The highest BCUT2D eigenvalue weighted by atomic mass is 35.5. The Kier molecular flexibility index (Phi) is 4.79. The Morgan fingerprint density at radius 2 is 1.68 bits per heavy atom.